The van der Waals surface area contributed by atoms with Gasteiger partial charge in [0.05, 0.1) is 57.3 Å². The molecule has 6 aromatic rings. The third-order valence-corrected chi connectivity index (χ3v) is 15.1. The van der Waals surface area contributed by atoms with E-state index in [0.717, 1.165) is 64.6 Å². The first-order valence-corrected chi connectivity index (χ1v) is 25.1. The molecule has 0 radical (unpaired) electrons. The van der Waals surface area contributed by atoms with Crippen LogP contribution in [-0.4, -0.2) is 112 Å². The quantitative estimate of drug-likeness (QED) is 0.0405. The molecule has 4 aromatic heterocycles. The predicted octanol–water partition coefficient (Wildman–Crippen LogP) is 7.81. The molecule has 0 aliphatic carbocycles. The lowest BCUT2D eigenvalue weighted by Gasteiger charge is -2.29. The summed E-state index contributed by atoms with van der Waals surface area (Å²) in [6.07, 6.45) is 0.0629. The zero-order valence-corrected chi connectivity index (χ0v) is 43.1. The topological polar surface area (TPSA) is 198 Å². The number of aryl methyl sites for hydroxylation is 4. The molecule has 0 bridgehead atoms. The molecule has 2 aromatic carbocycles. The van der Waals surface area contributed by atoms with Crippen molar-refractivity contribution in [1.82, 2.24) is 40.2 Å². The van der Waals surface area contributed by atoms with Gasteiger partial charge in [0.1, 0.15) is 33.7 Å². The summed E-state index contributed by atoms with van der Waals surface area (Å²) in [7, 11) is 0. The first-order valence-electron chi connectivity index (χ1n) is 22.7. The summed E-state index contributed by atoms with van der Waals surface area (Å²) >= 11 is 15.8. The van der Waals surface area contributed by atoms with Crippen LogP contribution in [0.3, 0.4) is 0 Å². The van der Waals surface area contributed by atoms with E-state index in [1.54, 1.807) is 22.7 Å². The monoisotopic (exact) mass is 1030 g/mol. The number of aliphatic imine (C=N–C) groups is 2. The zero-order valence-electron chi connectivity index (χ0n) is 39.9. The Hall–Kier alpha value is -5.67. The summed E-state index contributed by atoms with van der Waals surface area (Å²) < 4.78 is 26.5. The van der Waals surface area contributed by atoms with Crippen LogP contribution in [0.1, 0.15) is 98.3 Å². The van der Waals surface area contributed by atoms with Crippen LogP contribution in [0, 0.1) is 47.0 Å². The Balaban J connectivity index is 0.851. The molecule has 2 aliphatic heterocycles. The van der Waals surface area contributed by atoms with Crippen LogP contribution >= 0.6 is 45.9 Å². The lowest BCUT2D eigenvalue weighted by Crippen LogP contribution is -2.37. The number of aromatic nitrogens is 6. The number of rotatable bonds is 21. The van der Waals surface area contributed by atoms with E-state index in [1.165, 1.54) is 0 Å². The average molecular weight is 1030 g/mol. The molecule has 17 nitrogen and oxygen atoms in total. The Morgan fingerprint density at radius 2 is 1.07 bits per heavy atom. The largest absolute Gasteiger partial charge is 0.441 e. The molecule has 8 rings (SSSR count). The minimum atomic E-state index is -0.683. The molecule has 6 heterocycles. The lowest BCUT2D eigenvalue weighted by atomic mass is 9.94. The molecule has 2 aliphatic rings. The van der Waals surface area contributed by atoms with Gasteiger partial charge in [-0.25, -0.2) is 0 Å². The minimum absolute atomic E-state index is 0.0314. The molecule has 0 fully saturated rings. The van der Waals surface area contributed by atoms with Crippen molar-refractivity contribution in [2.75, 3.05) is 52.9 Å². The van der Waals surface area contributed by atoms with Crippen molar-refractivity contribution >= 4 is 75.6 Å². The van der Waals surface area contributed by atoms with Gasteiger partial charge in [-0.05, 0) is 76.9 Å². The van der Waals surface area contributed by atoms with E-state index in [-0.39, 0.29) is 77.6 Å². The predicted molar refractivity (Wildman–Crippen MR) is 270 cm³/mol. The number of hydrogen-bond acceptors (Lipinski definition) is 15. The molecule has 0 saturated heterocycles. The van der Waals surface area contributed by atoms with Gasteiger partial charge in [0.2, 0.25) is 11.8 Å². The van der Waals surface area contributed by atoms with Gasteiger partial charge in [-0.3, -0.25) is 33.5 Å². The second-order valence-corrected chi connectivity index (χ2v) is 20.8. The number of halogens is 2. The van der Waals surface area contributed by atoms with Crippen molar-refractivity contribution in [3.63, 3.8) is 0 Å². The lowest BCUT2D eigenvalue weighted by molar-refractivity contribution is -0.147. The van der Waals surface area contributed by atoms with Gasteiger partial charge in [-0.1, -0.05) is 54.4 Å². The maximum Gasteiger partial charge on any atom is 0.295 e. The van der Waals surface area contributed by atoms with Crippen molar-refractivity contribution in [2.24, 2.45) is 15.4 Å². The molecular formula is C49H54Cl2N10O7S2. The van der Waals surface area contributed by atoms with Gasteiger partial charge >= 0.3 is 0 Å². The molecule has 0 saturated carbocycles. The maximum atomic E-state index is 13.6. The van der Waals surface area contributed by atoms with Crippen molar-refractivity contribution in [3.05, 3.63) is 125 Å². The Labute approximate surface area is 423 Å². The summed E-state index contributed by atoms with van der Waals surface area (Å²) in [6.45, 7) is 15.5. The van der Waals surface area contributed by atoms with Crippen LogP contribution in [0.5, 0.6) is 0 Å². The molecule has 70 heavy (non-hydrogen) atoms. The van der Waals surface area contributed by atoms with E-state index in [1.807, 2.05) is 78.4 Å². The van der Waals surface area contributed by atoms with E-state index >= 15 is 0 Å². The highest BCUT2D eigenvalue weighted by Crippen LogP contribution is 2.41. The average Bonchev–Trinajstić information content (AvgIpc) is 4.03. The fourth-order valence-corrected chi connectivity index (χ4v) is 11.1. The SMILES string of the molecule is Cc1sc2c(c1C)C(c1ccc(Cl)cc1)=N[C@@H](CC(=O)NCCOCC(C)(COCCNC(=O)C[C@@H]1N=C(c3ccc(Cl)cc3)c3c(sc(C)c3C)-n3c(C)nnc31)COCOC=O)c1nnc(C)n1-2. The van der Waals surface area contributed by atoms with Crippen LogP contribution in [0.4, 0.5) is 0 Å². The highest BCUT2D eigenvalue weighted by Gasteiger charge is 2.35. The van der Waals surface area contributed by atoms with Crippen LogP contribution in [0.15, 0.2) is 58.5 Å². The normalized spacial score (nSPS) is 15.2. The standard InChI is InChI=1S/C49H54Cl2N10O7S2/c1-27-29(3)69-47-41(27)43(33-8-12-35(50)13-9-33)54-37(45-58-56-31(5)60(45)47)20-39(63)52-16-18-65-22-49(7,24-67-26-68-25-62)23-66-19-17-53-40(64)21-38-46-59-57-32(6)61(46)48-42(28(2)30(4)70-48)44(55-38)34-10-14-36(51)15-11-34/h8-15,25,37-38H,16-24,26H2,1-7H3,(H,52,63)(H,53,64)/t37-,38-/m0/s1. The maximum absolute atomic E-state index is 13.6. The number of benzene rings is 2. The molecule has 2 amide bonds. The number of carbonyl (C=O) groups is 3. The zero-order chi connectivity index (χ0) is 49.7. The van der Waals surface area contributed by atoms with Crippen molar-refractivity contribution in [3.8, 4) is 10.0 Å². The molecule has 2 atom stereocenters. The van der Waals surface area contributed by atoms with Crippen LogP contribution < -0.4 is 10.6 Å². The fraction of sp³-hybridized carbons (Fsp3) is 0.408. The highest BCUT2D eigenvalue weighted by molar-refractivity contribution is 7.15. The molecule has 21 heteroatoms. The van der Waals surface area contributed by atoms with Gasteiger partial charge in [0.25, 0.3) is 6.47 Å². The van der Waals surface area contributed by atoms with Gasteiger partial charge < -0.3 is 29.6 Å². The molecule has 0 spiro atoms. The van der Waals surface area contributed by atoms with Crippen molar-refractivity contribution in [1.29, 1.82) is 0 Å². The first-order chi connectivity index (χ1) is 33.7. The number of thiophene rings is 2. The Kier molecular flexibility index (Phi) is 16.1. The second kappa shape index (κ2) is 22.2. The van der Waals surface area contributed by atoms with E-state index in [9.17, 15) is 14.4 Å². The minimum Gasteiger partial charge on any atom is -0.441 e. The van der Waals surface area contributed by atoms with Crippen molar-refractivity contribution in [2.45, 2.75) is 73.4 Å². The van der Waals surface area contributed by atoms with E-state index < -0.39 is 17.5 Å². The van der Waals surface area contributed by atoms with Crippen LogP contribution in [0.25, 0.3) is 10.0 Å². The number of hydrogen-bond donors (Lipinski definition) is 2. The Bertz CT molecular complexity index is 2760. The van der Waals surface area contributed by atoms with Gasteiger partial charge in [0, 0.05) is 60.6 Å². The third kappa shape index (κ3) is 11.1. The summed E-state index contributed by atoms with van der Waals surface area (Å²) in [5.41, 5.74) is 6.80. The number of nitrogens with one attached hydrogen (secondary N) is 2. The first kappa shape index (κ1) is 50.7. The summed E-state index contributed by atoms with van der Waals surface area (Å²) in [5.74, 6) is 2.13. The fourth-order valence-electron chi connectivity index (χ4n) is 8.41. The summed E-state index contributed by atoms with van der Waals surface area (Å²) in [4.78, 5) is 50.6. The molecule has 368 valence electrons. The molecule has 0 unspecified atom stereocenters. The van der Waals surface area contributed by atoms with Crippen molar-refractivity contribution < 1.29 is 33.3 Å². The van der Waals surface area contributed by atoms with Crippen LogP contribution in [-0.2, 0) is 33.3 Å². The third-order valence-electron chi connectivity index (χ3n) is 12.2. The van der Waals surface area contributed by atoms with Gasteiger partial charge in [-0.15, -0.1) is 43.1 Å². The van der Waals surface area contributed by atoms with Crippen LogP contribution in [0.2, 0.25) is 10.0 Å². The second-order valence-electron chi connectivity index (χ2n) is 17.6. The number of carbonyl (C=O) groups excluding carboxylic acids is 3. The van der Waals surface area contributed by atoms with Gasteiger partial charge in [-0.2, -0.15) is 0 Å². The highest BCUT2D eigenvalue weighted by atomic mass is 35.5. The number of fused-ring (bicyclic) bond motifs is 6. The number of ether oxygens (including phenoxy) is 4. The Morgan fingerprint density at radius 1 is 0.657 bits per heavy atom. The smallest absolute Gasteiger partial charge is 0.295 e. The van der Waals surface area contributed by atoms with E-state index in [0.29, 0.717) is 39.8 Å². The van der Waals surface area contributed by atoms with Gasteiger partial charge in [0.15, 0.2) is 18.4 Å². The summed E-state index contributed by atoms with van der Waals surface area (Å²) in [5, 5.41) is 26.9. The van der Waals surface area contributed by atoms with E-state index in [4.69, 9.17) is 52.1 Å². The summed E-state index contributed by atoms with van der Waals surface area (Å²) in [6, 6.07) is 13.9. The number of nitrogens with zero attached hydrogens (tertiary/aromatic N) is 8. The molecular weight excluding hydrogens is 976 g/mol. The Morgan fingerprint density at radius 3 is 1.49 bits per heavy atom. The van der Waals surface area contributed by atoms with E-state index in [2.05, 4.69) is 58.7 Å². The molecule has 2 N–H and O–H groups in total. The number of amides is 2.